The number of carbonyl (C=O) groups excluding carboxylic acids is 4. The number of allylic oxidation sites excluding steroid dienone is 2. The Bertz CT molecular complexity index is 1220. The first kappa shape index (κ1) is 24.7. The van der Waals surface area contributed by atoms with Crippen LogP contribution in [0.4, 0.5) is 4.39 Å². The van der Waals surface area contributed by atoms with Crippen molar-refractivity contribution in [1.82, 2.24) is 9.80 Å². The lowest BCUT2D eigenvalue weighted by Crippen LogP contribution is -2.47. The van der Waals surface area contributed by atoms with Gasteiger partial charge in [0.15, 0.2) is 11.6 Å². The molecule has 0 spiro atoms. The number of phenolic OH excluding ortho intramolecular Hbond substituents is 1. The summed E-state index contributed by atoms with van der Waals surface area (Å²) < 4.78 is 14.5. The monoisotopic (exact) mass is 496 g/mol. The molecule has 1 aromatic carbocycles. The average Bonchev–Trinajstić information content (AvgIpc) is 3.18. The minimum Gasteiger partial charge on any atom is -0.505 e. The van der Waals surface area contributed by atoms with Gasteiger partial charge in [-0.3, -0.25) is 29.0 Å². The molecule has 0 aromatic heterocycles. The Hall–Kier alpha value is -3.03. The molecule has 2 aliphatic heterocycles. The minimum atomic E-state index is -0.811. The fraction of sp³-hybridized carbons (Fsp3) is 0.571. The van der Waals surface area contributed by atoms with Gasteiger partial charge in [-0.15, -0.1) is 0 Å². The molecule has 36 heavy (non-hydrogen) atoms. The second-order valence-corrected chi connectivity index (χ2v) is 12.6. The van der Waals surface area contributed by atoms with Crippen LogP contribution in [0.25, 0.3) is 0 Å². The van der Waals surface area contributed by atoms with Crippen LogP contribution in [0, 0.1) is 35.4 Å². The highest BCUT2D eigenvalue weighted by Crippen LogP contribution is 2.59. The van der Waals surface area contributed by atoms with E-state index in [2.05, 4.69) is 0 Å². The van der Waals surface area contributed by atoms with Crippen LogP contribution >= 0.6 is 0 Å². The molecule has 4 amide bonds. The van der Waals surface area contributed by atoms with Crippen molar-refractivity contribution in [2.45, 2.75) is 71.4 Å². The van der Waals surface area contributed by atoms with Gasteiger partial charge in [-0.1, -0.05) is 23.8 Å². The van der Waals surface area contributed by atoms with E-state index < -0.39 is 58.2 Å². The third-order valence-corrected chi connectivity index (χ3v) is 8.34. The lowest BCUT2D eigenvalue weighted by Gasteiger charge is -2.44. The second kappa shape index (κ2) is 7.73. The van der Waals surface area contributed by atoms with E-state index >= 15 is 0 Å². The highest BCUT2D eigenvalue weighted by molar-refractivity contribution is 6.08. The van der Waals surface area contributed by atoms with Crippen molar-refractivity contribution >= 4 is 23.6 Å². The van der Waals surface area contributed by atoms with Gasteiger partial charge in [0.05, 0.1) is 23.7 Å². The summed E-state index contributed by atoms with van der Waals surface area (Å²) in [6.07, 6.45) is 2.48. The van der Waals surface area contributed by atoms with Gasteiger partial charge in [0.25, 0.3) is 0 Å². The van der Waals surface area contributed by atoms with Crippen molar-refractivity contribution in [2.75, 3.05) is 0 Å². The molecule has 4 aliphatic rings. The molecule has 2 heterocycles. The second-order valence-electron chi connectivity index (χ2n) is 12.6. The van der Waals surface area contributed by atoms with Crippen LogP contribution in [0.1, 0.15) is 65.9 Å². The van der Waals surface area contributed by atoms with E-state index in [-0.39, 0.29) is 35.6 Å². The maximum Gasteiger partial charge on any atom is 0.234 e. The standard InChI is InChI=1S/C28H33FN2O5/c1-27(2,3)30-23(33)15-11-10-13-16(20(15)25(30)35)12-17-21(26(36)31(24(17)34)28(4,5)6)19(13)14-8-7-9-18(29)22(14)32/h7-10,15-17,19-21,32H,11-12H2,1-6H3. The molecular weight excluding hydrogens is 463 g/mol. The SMILES string of the molecule is CC(C)(C)N1C(=O)C2CC=C3C(CC4C(=O)N(C(C)(C)C)C(=O)C4C3c3cccc(F)c3O)C2C1=O. The van der Waals surface area contributed by atoms with E-state index in [1.807, 2.05) is 26.8 Å². The van der Waals surface area contributed by atoms with Gasteiger partial charge in [-0.25, -0.2) is 4.39 Å². The number of para-hydroxylation sites is 1. The number of halogens is 1. The third-order valence-electron chi connectivity index (χ3n) is 8.34. The fourth-order valence-electron chi connectivity index (χ4n) is 7.04. The quantitative estimate of drug-likeness (QED) is 0.472. The van der Waals surface area contributed by atoms with Crippen molar-refractivity contribution in [3.05, 3.63) is 41.2 Å². The molecule has 6 atom stereocenters. The lowest BCUT2D eigenvalue weighted by molar-refractivity contribution is -0.147. The van der Waals surface area contributed by atoms with Gasteiger partial charge < -0.3 is 5.11 Å². The molecule has 1 saturated carbocycles. The summed E-state index contributed by atoms with van der Waals surface area (Å²) in [7, 11) is 0. The molecule has 3 fully saturated rings. The van der Waals surface area contributed by atoms with Gasteiger partial charge in [-0.2, -0.15) is 0 Å². The Balaban J connectivity index is 1.68. The third kappa shape index (κ3) is 3.29. The maximum atomic E-state index is 14.5. The number of hydrogen-bond donors (Lipinski definition) is 1. The lowest BCUT2D eigenvalue weighted by atomic mass is 9.57. The zero-order valence-electron chi connectivity index (χ0n) is 21.5. The number of likely N-dealkylation sites (tertiary alicyclic amines) is 2. The van der Waals surface area contributed by atoms with Crippen LogP contribution in [0.15, 0.2) is 29.8 Å². The van der Waals surface area contributed by atoms with Gasteiger partial charge in [0.2, 0.25) is 23.6 Å². The number of carbonyl (C=O) groups is 4. The predicted octanol–water partition coefficient (Wildman–Crippen LogP) is 3.76. The summed E-state index contributed by atoms with van der Waals surface area (Å²) in [4.78, 5) is 57.0. The summed E-state index contributed by atoms with van der Waals surface area (Å²) in [6, 6.07) is 4.20. The van der Waals surface area contributed by atoms with Gasteiger partial charge in [-0.05, 0) is 66.4 Å². The summed E-state index contributed by atoms with van der Waals surface area (Å²) in [6.45, 7) is 10.8. The fourth-order valence-corrected chi connectivity index (χ4v) is 7.04. The number of imide groups is 2. The number of fused-ring (bicyclic) bond motifs is 4. The molecule has 192 valence electrons. The summed E-state index contributed by atoms with van der Waals surface area (Å²) >= 11 is 0. The molecule has 0 bridgehead atoms. The van der Waals surface area contributed by atoms with Crippen LogP contribution in [0.2, 0.25) is 0 Å². The maximum absolute atomic E-state index is 14.5. The summed E-state index contributed by atoms with van der Waals surface area (Å²) in [5, 5.41) is 10.7. The van der Waals surface area contributed by atoms with E-state index in [4.69, 9.17) is 0 Å². The van der Waals surface area contributed by atoms with Gasteiger partial charge in [0, 0.05) is 22.6 Å². The van der Waals surface area contributed by atoms with Crippen LogP contribution in [-0.4, -0.2) is 49.6 Å². The molecule has 1 N–H and O–H groups in total. The van der Waals surface area contributed by atoms with Crippen LogP contribution in [0.3, 0.4) is 0 Å². The number of rotatable bonds is 1. The average molecular weight is 497 g/mol. The smallest absolute Gasteiger partial charge is 0.234 e. The Kier molecular flexibility index (Phi) is 5.30. The molecule has 1 aromatic rings. The van der Waals surface area contributed by atoms with Crippen molar-refractivity contribution in [3.8, 4) is 5.75 Å². The number of aromatic hydroxyl groups is 1. The Morgan fingerprint density at radius 2 is 1.36 bits per heavy atom. The van der Waals surface area contributed by atoms with E-state index in [0.717, 1.165) is 11.6 Å². The van der Waals surface area contributed by atoms with E-state index in [1.54, 1.807) is 26.8 Å². The molecule has 2 saturated heterocycles. The molecule has 5 rings (SSSR count). The Labute approximate surface area is 210 Å². The molecule has 8 heteroatoms. The van der Waals surface area contributed by atoms with E-state index in [1.165, 1.54) is 15.9 Å². The van der Waals surface area contributed by atoms with E-state index in [0.29, 0.717) is 6.42 Å². The number of nitrogens with zero attached hydrogens (tertiary/aromatic N) is 2. The largest absolute Gasteiger partial charge is 0.505 e. The topological polar surface area (TPSA) is 95.0 Å². The van der Waals surface area contributed by atoms with Crippen molar-refractivity contribution in [2.24, 2.45) is 29.6 Å². The van der Waals surface area contributed by atoms with Crippen molar-refractivity contribution in [3.63, 3.8) is 0 Å². The number of hydrogen-bond acceptors (Lipinski definition) is 5. The molecule has 7 nitrogen and oxygen atoms in total. The molecule has 0 radical (unpaired) electrons. The zero-order chi connectivity index (χ0) is 26.5. The highest BCUT2D eigenvalue weighted by atomic mass is 19.1. The first-order valence-electron chi connectivity index (χ1n) is 12.6. The summed E-state index contributed by atoms with van der Waals surface area (Å²) in [5.74, 6) is -6.45. The minimum absolute atomic E-state index is 0.217. The van der Waals surface area contributed by atoms with Crippen LogP contribution in [-0.2, 0) is 19.2 Å². The van der Waals surface area contributed by atoms with Crippen LogP contribution < -0.4 is 0 Å². The first-order chi connectivity index (χ1) is 16.7. The molecule has 2 aliphatic carbocycles. The number of amides is 4. The van der Waals surface area contributed by atoms with Gasteiger partial charge in [0.1, 0.15) is 0 Å². The van der Waals surface area contributed by atoms with Crippen LogP contribution in [0.5, 0.6) is 5.75 Å². The predicted molar refractivity (Wildman–Crippen MR) is 129 cm³/mol. The Morgan fingerprint density at radius 1 is 0.806 bits per heavy atom. The normalized spacial score (nSPS) is 32.5. The zero-order valence-corrected chi connectivity index (χ0v) is 21.5. The van der Waals surface area contributed by atoms with E-state index in [9.17, 15) is 28.7 Å². The molecule has 6 unspecified atom stereocenters. The molecular formula is C28H33FN2O5. The number of benzene rings is 1. The Morgan fingerprint density at radius 3 is 1.94 bits per heavy atom. The van der Waals surface area contributed by atoms with Crippen molar-refractivity contribution in [1.29, 1.82) is 0 Å². The van der Waals surface area contributed by atoms with Crippen molar-refractivity contribution < 1.29 is 28.7 Å². The van der Waals surface area contributed by atoms with Gasteiger partial charge >= 0.3 is 0 Å². The number of phenols is 1. The summed E-state index contributed by atoms with van der Waals surface area (Å²) in [5.41, 5.74) is -0.469. The first-order valence-corrected chi connectivity index (χ1v) is 12.6. The highest BCUT2D eigenvalue weighted by Gasteiger charge is 2.63.